The molecule has 1 saturated heterocycles. The molecule has 1 aliphatic heterocycles. The summed E-state index contributed by atoms with van der Waals surface area (Å²) in [6.45, 7) is 4.04. The second kappa shape index (κ2) is 12.1. The van der Waals surface area contributed by atoms with Gasteiger partial charge in [0.05, 0.1) is 11.4 Å². The molecular formula is C28H25BrN2O5S. The predicted molar refractivity (Wildman–Crippen MR) is 149 cm³/mol. The van der Waals surface area contributed by atoms with Gasteiger partial charge in [-0.3, -0.25) is 19.3 Å². The summed E-state index contributed by atoms with van der Waals surface area (Å²) in [4.78, 5) is 39.3. The van der Waals surface area contributed by atoms with Crippen LogP contribution in [0.25, 0.3) is 6.08 Å². The Bertz CT molecular complexity index is 1360. The van der Waals surface area contributed by atoms with E-state index in [1.807, 2.05) is 56.3 Å². The number of imide groups is 1. The van der Waals surface area contributed by atoms with Gasteiger partial charge in [-0.05, 0) is 79.7 Å². The molecular weight excluding hydrogens is 556 g/mol. The molecule has 7 nitrogen and oxygen atoms in total. The highest BCUT2D eigenvalue weighted by molar-refractivity contribution is 9.10. The Hall–Kier alpha value is -3.56. The smallest absolute Gasteiger partial charge is 0.293 e. The summed E-state index contributed by atoms with van der Waals surface area (Å²) in [5.74, 6) is 0.381. The average Bonchev–Trinajstić information content (AvgIpc) is 3.12. The molecule has 9 heteroatoms. The van der Waals surface area contributed by atoms with Crippen LogP contribution in [0.1, 0.15) is 16.7 Å². The number of hydrogen-bond acceptors (Lipinski definition) is 6. The van der Waals surface area contributed by atoms with Crippen LogP contribution in [-0.2, 0) is 9.59 Å². The van der Waals surface area contributed by atoms with Crippen LogP contribution >= 0.6 is 27.7 Å². The molecule has 0 spiro atoms. The molecule has 1 N–H and O–H groups in total. The third-order valence-corrected chi connectivity index (χ3v) is 6.80. The zero-order chi connectivity index (χ0) is 26.4. The van der Waals surface area contributed by atoms with Crippen LogP contribution in [0.15, 0.2) is 76.1 Å². The highest BCUT2D eigenvalue weighted by Crippen LogP contribution is 2.35. The molecule has 4 rings (SSSR count). The van der Waals surface area contributed by atoms with Crippen LogP contribution in [0.4, 0.5) is 10.5 Å². The Labute approximate surface area is 228 Å². The largest absolute Gasteiger partial charge is 0.492 e. The minimum Gasteiger partial charge on any atom is -0.492 e. The lowest BCUT2D eigenvalue weighted by Crippen LogP contribution is -2.32. The number of thioether (sulfide) groups is 1. The Morgan fingerprint density at radius 1 is 1.00 bits per heavy atom. The van der Waals surface area contributed by atoms with Crippen LogP contribution in [-0.4, -0.2) is 41.7 Å². The molecule has 37 heavy (non-hydrogen) atoms. The average molecular weight is 581 g/mol. The molecule has 0 saturated carbocycles. The van der Waals surface area contributed by atoms with E-state index in [-0.39, 0.29) is 35.8 Å². The Morgan fingerprint density at radius 2 is 1.78 bits per heavy atom. The standard InChI is InChI=1S/C28H25BrN2O5S/c1-18-6-9-23(10-7-18)35-13-12-31-27(33)25(37-28(31)34)16-20-15-21(29)8-11-24(20)36-17-26(32)30-22-5-3-4-19(2)14-22/h3-11,14-16H,12-13,17H2,1-2H3,(H,30,32)/b25-16-. The van der Waals surface area contributed by atoms with Crippen LogP contribution in [0.3, 0.4) is 0 Å². The molecule has 1 heterocycles. The Balaban J connectivity index is 1.40. The van der Waals surface area contributed by atoms with Gasteiger partial charge in [0.2, 0.25) is 0 Å². The Kier molecular flexibility index (Phi) is 8.68. The van der Waals surface area contributed by atoms with Crippen molar-refractivity contribution >= 4 is 56.5 Å². The van der Waals surface area contributed by atoms with E-state index in [9.17, 15) is 14.4 Å². The molecule has 3 amide bonds. The second-order valence-corrected chi connectivity index (χ2v) is 10.3. The lowest BCUT2D eigenvalue weighted by atomic mass is 10.2. The third-order valence-electron chi connectivity index (χ3n) is 5.40. The summed E-state index contributed by atoms with van der Waals surface area (Å²) in [5.41, 5.74) is 3.40. The van der Waals surface area contributed by atoms with Crippen molar-refractivity contribution in [2.75, 3.05) is 25.1 Å². The maximum Gasteiger partial charge on any atom is 0.293 e. The number of rotatable bonds is 9. The number of anilines is 1. The first kappa shape index (κ1) is 26.5. The van der Waals surface area contributed by atoms with Gasteiger partial charge in [0, 0.05) is 15.7 Å². The van der Waals surface area contributed by atoms with Crippen LogP contribution in [0, 0.1) is 13.8 Å². The molecule has 1 fully saturated rings. The van der Waals surface area contributed by atoms with Gasteiger partial charge in [-0.2, -0.15) is 0 Å². The molecule has 0 aromatic heterocycles. The van der Waals surface area contributed by atoms with E-state index in [2.05, 4.69) is 21.2 Å². The fourth-order valence-corrected chi connectivity index (χ4v) is 4.78. The monoisotopic (exact) mass is 580 g/mol. The van der Waals surface area contributed by atoms with E-state index in [4.69, 9.17) is 9.47 Å². The molecule has 0 bridgehead atoms. The van der Waals surface area contributed by atoms with Gasteiger partial charge in [-0.15, -0.1) is 0 Å². The van der Waals surface area contributed by atoms with Gasteiger partial charge < -0.3 is 14.8 Å². The molecule has 3 aromatic rings. The summed E-state index contributed by atoms with van der Waals surface area (Å²) in [6.07, 6.45) is 1.60. The zero-order valence-corrected chi connectivity index (χ0v) is 22.7. The summed E-state index contributed by atoms with van der Waals surface area (Å²) in [6, 6.07) is 20.3. The van der Waals surface area contributed by atoms with Crippen molar-refractivity contribution in [3.8, 4) is 11.5 Å². The van der Waals surface area contributed by atoms with Crippen molar-refractivity contribution in [3.05, 3.63) is 92.8 Å². The SMILES string of the molecule is Cc1ccc(OCCN2C(=O)S/C(=C\c3cc(Br)ccc3OCC(=O)Nc3cccc(C)c3)C2=O)cc1. The normalized spacial score (nSPS) is 14.2. The molecule has 3 aromatic carbocycles. The number of amides is 3. The molecule has 0 atom stereocenters. The van der Waals surface area contributed by atoms with Crippen molar-refractivity contribution in [1.29, 1.82) is 0 Å². The molecule has 190 valence electrons. The number of ether oxygens (including phenoxy) is 2. The maximum atomic E-state index is 12.9. The van der Waals surface area contributed by atoms with Gasteiger partial charge in [-0.1, -0.05) is 45.8 Å². The van der Waals surface area contributed by atoms with Crippen molar-refractivity contribution in [2.45, 2.75) is 13.8 Å². The van der Waals surface area contributed by atoms with Gasteiger partial charge in [0.25, 0.3) is 17.1 Å². The Morgan fingerprint density at radius 3 is 2.54 bits per heavy atom. The fourth-order valence-electron chi connectivity index (χ4n) is 3.55. The minimum absolute atomic E-state index is 0.136. The lowest BCUT2D eigenvalue weighted by Gasteiger charge is -2.13. The van der Waals surface area contributed by atoms with Crippen molar-refractivity contribution < 1.29 is 23.9 Å². The van der Waals surface area contributed by atoms with E-state index in [1.165, 1.54) is 4.90 Å². The summed E-state index contributed by atoms with van der Waals surface area (Å²) in [5, 5.41) is 2.44. The second-order valence-electron chi connectivity index (χ2n) is 8.38. The van der Waals surface area contributed by atoms with Crippen LogP contribution in [0.5, 0.6) is 11.5 Å². The number of halogens is 1. The highest BCUT2D eigenvalue weighted by atomic mass is 79.9. The van der Waals surface area contributed by atoms with E-state index in [0.717, 1.165) is 27.4 Å². The number of nitrogens with one attached hydrogen (secondary N) is 1. The zero-order valence-electron chi connectivity index (χ0n) is 20.3. The quantitative estimate of drug-likeness (QED) is 0.303. The van der Waals surface area contributed by atoms with E-state index in [0.29, 0.717) is 22.7 Å². The van der Waals surface area contributed by atoms with Gasteiger partial charge in [0.1, 0.15) is 18.1 Å². The van der Waals surface area contributed by atoms with Crippen LogP contribution < -0.4 is 14.8 Å². The first-order chi connectivity index (χ1) is 17.8. The molecule has 1 aliphatic rings. The summed E-state index contributed by atoms with van der Waals surface area (Å²) >= 11 is 4.29. The van der Waals surface area contributed by atoms with Gasteiger partial charge >= 0.3 is 0 Å². The number of carbonyl (C=O) groups is 3. The number of aryl methyl sites for hydroxylation is 2. The van der Waals surface area contributed by atoms with Crippen molar-refractivity contribution in [3.63, 3.8) is 0 Å². The van der Waals surface area contributed by atoms with E-state index in [1.54, 1.807) is 30.3 Å². The number of nitrogens with zero attached hydrogens (tertiary/aromatic N) is 1. The molecule has 0 unspecified atom stereocenters. The maximum absolute atomic E-state index is 12.9. The molecule has 0 aliphatic carbocycles. The first-order valence-corrected chi connectivity index (χ1v) is 13.1. The van der Waals surface area contributed by atoms with Crippen LogP contribution in [0.2, 0.25) is 0 Å². The summed E-state index contributed by atoms with van der Waals surface area (Å²) < 4.78 is 12.2. The third kappa shape index (κ3) is 7.24. The predicted octanol–water partition coefficient (Wildman–Crippen LogP) is 6.20. The first-order valence-electron chi connectivity index (χ1n) is 11.5. The molecule has 0 radical (unpaired) electrons. The number of hydrogen-bond donors (Lipinski definition) is 1. The highest BCUT2D eigenvalue weighted by Gasteiger charge is 2.35. The summed E-state index contributed by atoms with van der Waals surface area (Å²) in [7, 11) is 0. The number of carbonyl (C=O) groups excluding carboxylic acids is 3. The minimum atomic E-state index is -0.398. The van der Waals surface area contributed by atoms with E-state index >= 15 is 0 Å². The van der Waals surface area contributed by atoms with Gasteiger partial charge in [-0.25, -0.2) is 0 Å². The fraction of sp³-hybridized carbons (Fsp3) is 0.179. The topological polar surface area (TPSA) is 84.9 Å². The number of benzene rings is 3. The van der Waals surface area contributed by atoms with Gasteiger partial charge in [0.15, 0.2) is 6.61 Å². The van der Waals surface area contributed by atoms with Crippen molar-refractivity contribution in [2.24, 2.45) is 0 Å². The van der Waals surface area contributed by atoms with Crippen molar-refractivity contribution in [1.82, 2.24) is 4.90 Å². The van der Waals surface area contributed by atoms with E-state index < -0.39 is 5.91 Å². The lowest BCUT2D eigenvalue weighted by molar-refractivity contribution is -0.123.